The number of nitro groups is 1. The maximum Gasteiger partial charge on any atom is 0.287 e. The molecule has 1 aliphatic carbocycles. The van der Waals surface area contributed by atoms with Crippen LogP contribution in [0.4, 0.5) is 10.8 Å². The zero-order valence-electron chi connectivity index (χ0n) is 15.5. The summed E-state index contributed by atoms with van der Waals surface area (Å²) in [5.41, 5.74) is 0.325. The number of non-ortho nitro benzene ring substituents is 1. The summed E-state index contributed by atoms with van der Waals surface area (Å²) >= 11 is 1.26. The highest BCUT2D eigenvalue weighted by molar-refractivity contribution is 7.22. The van der Waals surface area contributed by atoms with Crippen molar-refractivity contribution in [2.45, 2.75) is 45.1 Å². The molecule has 2 aliphatic rings. The van der Waals surface area contributed by atoms with E-state index in [1.807, 2.05) is 0 Å². The first kappa shape index (κ1) is 18.3. The first-order valence-corrected chi connectivity index (χ1v) is 10.4. The van der Waals surface area contributed by atoms with Crippen LogP contribution >= 0.6 is 11.3 Å². The van der Waals surface area contributed by atoms with Crippen molar-refractivity contribution in [1.82, 2.24) is 9.88 Å². The van der Waals surface area contributed by atoms with Crippen LogP contribution in [0.3, 0.4) is 0 Å². The Labute approximate surface area is 161 Å². The lowest BCUT2D eigenvalue weighted by atomic mass is 9.94. The molecule has 1 aromatic carbocycles. The van der Waals surface area contributed by atoms with Gasteiger partial charge in [-0.15, -0.1) is 0 Å². The van der Waals surface area contributed by atoms with E-state index < -0.39 is 4.92 Å². The highest BCUT2D eigenvalue weighted by Crippen LogP contribution is 2.33. The van der Waals surface area contributed by atoms with Crippen molar-refractivity contribution in [3.8, 4) is 0 Å². The van der Waals surface area contributed by atoms with Crippen molar-refractivity contribution in [3.05, 3.63) is 38.2 Å². The minimum absolute atomic E-state index is 0.00316. The Bertz CT molecular complexity index is 915. The summed E-state index contributed by atoms with van der Waals surface area (Å²) in [6, 6.07) is 3.91. The SMILES string of the molecule is Cc1cc([N+](=O)[O-])c2sc(N3CCN(C4CCCCC4)CC3)nc(=O)c2c1. The number of fused-ring (bicyclic) bond motifs is 1. The Hall–Kier alpha value is -2.06. The largest absolute Gasteiger partial charge is 0.345 e. The van der Waals surface area contributed by atoms with E-state index in [0.717, 1.165) is 26.2 Å². The van der Waals surface area contributed by atoms with E-state index in [1.54, 1.807) is 13.0 Å². The molecule has 27 heavy (non-hydrogen) atoms. The van der Waals surface area contributed by atoms with Crippen LogP contribution in [0.25, 0.3) is 10.1 Å². The molecule has 1 aliphatic heterocycles. The molecule has 2 heterocycles. The first-order valence-electron chi connectivity index (χ1n) is 9.62. The lowest BCUT2D eigenvalue weighted by molar-refractivity contribution is -0.382. The van der Waals surface area contributed by atoms with Gasteiger partial charge >= 0.3 is 0 Å². The number of nitro benzene ring substituents is 1. The van der Waals surface area contributed by atoms with Crippen LogP contribution in [-0.4, -0.2) is 47.0 Å². The number of rotatable bonds is 3. The standard InChI is InChI=1S/C19H24N4O3S/c1-13-11-15-17(16(12-13)23(25)26)27-19(20-18(15)24)22-9-7-21(8-10-22)14-5-3-2-4-6-14/h11-12,14H,2-10H2,1H3. The van der Waals surface area contributed by atoms with E-state index in [4.69, 9.17) is 0 Å². The number of aromatic nitrogens is 1. The fourth-order valence-corrected chi connectivity index (χ4v) is 5.39. The average Bonchev–Trinajstić information content (AvgIpc) is 2.68. The molecule has 1 saturated carbocycles. The molecule has 8 heteroatoms. The monoisotopic (exact) mass is 388 g/mol. The van der Waals surface area contributed by atoms with Crippen molar-refractivity contribution in [1.29, 1.82) is 0 Å². The highest BCUT2D eigenvalue weighted by atomic mass is 32.1. The van der Waals surface area contributed by atoms with E-state index in [2.05, 4.69) is 14.8 Å². The second-order valence-corrected chi connectivity index (χ2v) is 8.51. The van der Waals surface area contributed by atoms with Gasteiger partial charge in [-0.25, -0.2) is 0 Å². The second kappa shape index (κ2) is 7.52. The molecule has 0 amide bonds. The summed E-state index contributed by atoms with van der Waals surface area (Å²) in [5.74, 6) is 0. The normalized spacial score (nSPS) is 19.5. The zero-order valence-corrected chi connectivity index (χ0v) is 16.3. The maximum atomic E-state index is 12.5. The predicted molar refractivity (Wildman–Crippen MR) is 108 cm³/mol. The van der Waals surface area contributed by atoms with Crippen LogP contribution in [0.15, 0.2) is 16.9 Å². The van der Waals surface area contributed by atoms with Gasteiger partial charge in [0.15, 0.2) is 5.13 Å². The van der Waals surface area contributed by atoms with Crippen LogP contribution in [0.2, 0.25) is 0 Å². The number of hydrogen-bond acceptors (Lipinski definition) is 7. The van der Waals surface area contributed by atoms with Crippen LogP contribution in [0.1, 0.15) is 37.7 Å². The molecule has 4 rings (SSSR count). The molecular formula is C19H24N4O3S. The molecule has 0 bridgehead atoms. The molecule has 7 nitrogen and oxygen atoms in total. The molecule has 0 spiro atoms. The van der Waals surface area contributed by atoms with Gasteiger partial charge in [-0.2, -0.15) is 4.98 Å². The van der Waals surface area contributed by atoms with Gasteiger partial charge in [0.05, 0.1) is 10.3 Å². The maximum absolute atomic E-state index is 12.5. The number of anilines is 1. The summed E-state index contributed by atoms with van der Waals surface area (Å²) in [6.45, 7) is 5.30. The zero-order chi connectivity index (χ0) is 19.0. The van der Waals surface area contributed by atoms with Gasteiger partial charge in [0.2, 0.25) is 0 Å². The second-order valence-electron chi connectivity index (χ2n) is 7.53. The van der Waals surface area contributed by atoms with Crippen LogP contribution in [0.5, 0.6) is 0 Å². The third-order valence-corrected chi connectivity index (χ3v) is 6.87. The van der Waals surface area contributed by atoms with E-state index in [0.29, 0.717) is 26.8 Å². The molecule has 144 valence electrons. The molecule has 0 N–H and O–H groups in total. The predicted octanol–water partition coefficient (Wildman–Crippen LogP) is 3.33. The summed E-state index contributed by atoms with van der Waals surface area (Å²) in [7, 11) is 0. The van der Waals surface area contributed by atoms with Crippen molar-refractivity contribution >= 4 is 32.2 Å². The van der Waals surface area contributed by atoms with Gasteiger partial charge in [-0.3, -0.25) is 19.8 Å². The number of piperazine rings is 1. The van der Waals surface area contributed by atoms with Gasteiger partial charge in [-0.05, 0) is 31.4 Å². The van der Waals surface area contributed by atoms with E-state index in [1.165, 1.54) is 49.5 Å². The lowest BCUT2D eigenvalue weighted by Crippen LogP contribution is -2.51. The Kier molecular flexibility index (Phi) is 5.10. The van der Waals surface area contributed by atoms with Gasteiger partial charge < -0.3 is 4.90 Å². The Balaban J connectivity index is 1.59. The summed E-state index contributed by atoms with van der Waals surface area (Å²) in [6.07, 6.45) is 6.56. The topological polar surface area (TPSA) is 79.6 Å². The van der Waals surface area contributed by atoms with E-state index in [-0.39, 0.29) is 11.2 Å². The third-order valence-electron chi connectivity index (χ3n) is 5.71. The summed E-state index contributed by atoms with van der Waals surface area (Å²) in [5, 5.41) is 12.4. The van der Waals surface area contributed by atoms with Gasteiger partial charge in [-0.1, -0.05) is 30.6 Å². The Morgan fingerprint density at radius 1 is 1.15 bits per heavy atom. The van der Waals surface area contributed by atoms with Crippen molar-refractivity contribution in [2.75, 3.05) is 31.1 Å². The lowest BCUT2D eigenvalue weighted by Gasteiger charge is -2.40. The third kappa shape index (κ3) is 3.68. The van der Waals surface area contributed by atoms with Crippen molar-refractivity contribution in [3.63, 3.8) is 0 Å². The van der Waals surface area contributed by atoms with Crippen molar-refractivity contribution in [2.24, 2.45) is 0 Å². The van der Waals surface area contributed by atoms with Gasteiger partial charge in [0, 0.05) is 38.3 Å². The van der Waals surface area contributed by atoms with Gasteiger partial charge in [0.1, 0.15) is 4.70 Å². The highest BCUT2D eigenvalue weighted by Gasteiger charge is 2.27. The molecule has 1 aromatic heterocycles. The molecule has 0 unspecified atom stereocenters. The minimum atomic E-state index is -0.407. The van der Waals surface area contributed by atoms with E-state index in [9.17, 15) is 14.9 Å². The molecule has 0 radical (unpaired) electrons. The molecule has 1 saturated heterocycles. The molecule has 2 aromatic rings. The number of nitrogens with zero attached hydrogens (tertiary/aromatic N) is 4. The number of hydrogen-bond donors (Lipinski definition) is 0. The molecule has 2 fully saturated rings. The van der Waals surface area contributed by atoms with Crippen LogP contribution < -0.4 is 10.5 Å². The van der Waals surface area contributed by atoms with Crippen LogP contribution in [0, 0.1) is 17.0 Å². The summed E-state index contributed by atoms with van der Waals surface area (Å²) < 4.78 is 0.426. The number of aryl methyl sites for hydroxylation is 1. The fourth-order valence-electron chi connectivity index (χ4n) is 4.28. The molecule has 0 atom stereocenters. The Morgan fingerprint density at radius 3 is 2.52 bits per heavy atom. The summed E-state index contributed by atoms with van der Waals surface area (Å²) in [4.78, 5) is 32.5. The minimum Gasteiger partial charge on any atom is -0.345 e. The Morgan fingerprint density at radius 2 is 1.85 bits per heavy atom. The first-order chi connectivity index (χ1) is 13.0. The van der Waals surface area contributed by atoms with Crippen LogP contribution in [-0.2, 0) is 0 Å². The fraction of sp³-hybridized carbons (Fsp3) is 0.579. The van der Waals surface area contributed by atoms with E-state index >= 15 is 0 Å². The smallest absolute Gasteiger partial charge is 0.287 e. The average molecular weight is 388 g/mol. The quantitative estimate of drug-likeness (QED) is 0.593. The molecular weight excluding hydrogens is 364 g/mol. The number of benzene rings is 1. The van der Waals surface area contributed by atoms with Crippen molar-refractivity contribution < 1.29 is 4.92 Å². The van der Waals surface area contributed by atoms with Gasteiger partial charge in [0.25, 0.3) is 11.2 Å².